The Morgan fingerprint density at radius 2 is 1.27 bits per heavy atom. The number of benzene rings is 3. The van der Waals surface area contributed by atoms with E-state index in [1.807, 2.05) is 18.2 Å². The van der Waals surface area contributed by atoms with Gasteiger partial charge in [-0.1, -0.05) is 119 Å². The smallest absolute Gasteiger partial charge is 0.352 e. The molecule has 0 amide bonds. The fraction of sp³-hybridized carbons (Fsp3) is 0.355. The van der Waals surface area contributed by atoms with Crippen LogP contribution in [0.5, 0.6) is 0 Å². The second-order valence-corrected chi connectivity index (χ2v) is 14.6. The van der Waals surface area contributed by atoms with Crippen molar-refractivity contribution in [3.8, 4) is 0 Å². The molecule has 0 saturated carbocycles. The van der Waals surface area contributed by atoms with Gasteiger partial charge in [-0.3, -0.25) is 4.79 Å². The first-order chi connectivity index (χ1) is 17.7. The predicted octanol–water partition coefficient (Wildman–Crippen LogP) is 5.44. The van der Waals surface area contributed by atoms with Crippen molar-refractivity contribution in [1.29, 1.82) is 0 Å². The van der Waals surface area contributed by atoms with Crippen molar-refractivity contribution in [3.05, 3.63) is 96.6 Å². The van der Waals surface area contributed by atoms with Gasteiger partial charge in [0.2, 0.25) is 6.10 Å². The SMILES string of the molecule is CC[C@H](COC(=O)[C@@H](OC(C)=O)c1ccccc1)CO[Si](c1ccccc1)(c1ccccc1)C(C)(C)C. The molecule has 196 valence electrons. The zero-order valence-corrected chi connectivity index (χ0v) is 23.5. The van der Waals surface area contributed by atoms with Crippen LogP contribution in [0.4, 0.5) is 0 Å². The Kier molecular flexibility index (Phi) is 9.84. The third-order valence-corrected chi connectivity index (χ3v) is 11.6. The van der Waals surface area contributed by atoms with Gasteiger partial charge in [-0.05, 0) is 21.8 Å². The number of esters is 2. The second-order valence-electron chi connectivity index (χ2n) is 10.3. The van der Waals surface area contributed by atoms with Gasteiger partial charge in [-0.15, -0.1) is 0 Å². The normalized spacial score (nSPS) is 13.4. The van der Waals surface area contributed by atoms with Crippen LogP contribution in [0.15, 0.2) is 91.0 Å². The van der Waals surface area contributed by atoms with Gasteiger partial charge in [0, 0.05) is 25.0 Å². The van der Waals surface area contributed by atoms with E-state index in [4.69, 9.17) is 13.9 Å². The van der Waals surface area contributed by atoms with E-state index in [0.29, 0.717) is 12.2 Å². The summed E-state index contributed by atoms with van der Waals surface area (Å²) >= 11 is 0. The van der Waals surface area contributed by atoms with E-state index in [-0.39, 0.29) is 17.6 Å². The second kappa shape index (κ2) is 12.8. The quantitative estimate of drug-likeness (QED) is 0.250. The van der Waals surface area contributed by atoms with Crippen molar-refractivity contribution >= 4 is 30.6 Å². The number of hydrogen-bond acceptors (Lipinski definition) is 5. The number of hydrogen-bond donors (Lipinski definition) is 0. The Morgan fingerprint density at radius 1 is 0.784 bits per heavy atom. The monoisotopic (exact) mass is 518 g/mol. The van der Waals surface area contributed by atoms with Crippen LogP contribution in [-0.4, -0.2) is 33.5 Å². The van der Waals surface area contributed by atoms with Crippen LogP contribution in [-0.2, 0) is 23.5 Å². The van der Waals surface area contributed by atoms with Crippen molar-refractivity contribution in [3.63, 3.8) is 0 Å². The zero-order valence-electron chi connectivity index (χ0n) is 22.5. The minimum absolute atomic E-state index is 0.0145. The van der Waals surface area contributed by atoms with Crippen LogP contribution in [0.1, 0.15) is 52.7 Å². The highest BCUT2D eigenvalue weighted by Crippen LogP contribution is 2.37. The first-order valence-electron chi connectivity index (χ1n) is 12.8. The molecule has 0 aliphatic carbocycles. The summed E-state index contributed by atoms with van der Waals surface area (Å²) in [6.07, 6.45) is -0.316. The highest BCUT2D eigenvalue weighted by Gasteiger charge is 2.50. The van der Waals surface area contributed by atoms with E-state index in [0.717, 1.165) is 6.42 Å². The summed E-state index contributed by atoms with van der Waals surface area (Å²) in [5.74, 6) is -1.13. The molecule has 0 heterocycles. The Balaban J connectivity index is 1.81. The van der Waals surface area contributed by atoms with Crippen molar-refractivity contribution in [1.82, 2.24) is 0 Å². The van der Waals surface area contributed by atoms with Crippen LogP contribution in [0, 0.1) is 5.92 Å². The number of carbonyl (C=O) groups excluding carboxylic acids is 2. The molecule has 3 aromatic rings. The van der Waals surface area contributed by atoms with Crippen LogP contribution in [0.3, 0.4) is 0 Å². The first kappa shape index (κ1) is 28.3. The van der Waals surface area contributed by atoms with Crippen molar-refractivity contribution in [2.45, 2.75) is 52.2 Å². The van der Waals surface area contributed by atoms with Gasteiger partial charge in [0.1, 0.15) is 0 Å². The molecule has 0 saturated heterocycles. The average Bonchev–Trinajstić information content (AvgIpc) is 2.90. The third kappa shape index (κ3) is 6.96. The van der Waals surface area contributed by atoms with Gasteiger partial charge >= 0.3 is 11.9 Å². The molecule has 0 aliphatic heterocycles. The maximum atomic E-state index is 13.0. The van der Waals surface area contributed by atoms with Gasteiger partial charge in [-0.2, -0.15) is 0 Å². The zero-order chi connectivity index (χ0) is 26.9. The van der Waals surface area contributed by atoms with E-state index in [1.54, 1.807) is 24.3 Å². The molecule has 0 N–H and O–H groups in total. The summed E-state index contributed by atoms with van der Waals surface area (Å²) in [6, 6.07) is 29.9. The lowest BCUT2D eigenvalue weighted by Gasteiger charge is -2.43. The Hall–Kier alpha value is -3.22. The minimum Gasteiger partial charge on any atom is -0.462 e. The topological polar surface area (TPSA) is 61.8 Å². The Morgan fingerprint density at radius 3 is 1.70 bits per heavy atom. The lowest BCUT2D eigenvalue weighted by molar-refractivity contribution is -0.168. The average molecular weight is 519 g/mol. The van der Waals surface area contributed by atoms with E-state index in [9.17, 15) is 9.59 Å². The molecule has 0 bridgehead atoms. The lowest BCUT2D eigenvalue weighted by Crippen LogP contribution is -2.67. The largest absolute Gasteiger partial charge is 0.462 e. The first-order valence-corrected chi connectivity index (χ1v) is 14.7. The van der Waals surface area contributed by atoms with Crippen LogP contribution >= 0.6 is 0 Å². The van der Waals surface area contributed by atoms with Crippen molar-refractivity contribution < 1.29 is 23.5 Å². The van der Waals surface area contributed by atoms with Crippen LogP contribution in [0.2, 0.25) is 5.04 Å². The van der Waals surface area contributed by atoms with E-state index < -0.39 is 26.4 Å². The van der Waals surface area contributed by atoms with Crippen molar-refractivity contribution in [2.24, 2.45) is 5.92 Å². The Bertz CT molecular complexity index is 1090. The summed E-state index contributed by atoms with van der Waals surface area (Å²) in [5.41, 5.74) is 0.583. The molecule has 0 fully saturated rings. The van der Waals surface area contributed by atoms with E-state index in [1.165, 1.54) is 17.3 Å². The summed E-state index contributed by atoms with van der Waals surface area (Å²) in [5, 5.41) is 2.28. The highest BCUT2D eigenvalue weighted by molar-refractivity contribution is 6.99. The maximum absolute atomic E-state index is 13.0. The molecule has 3 rings (SSSR count). The minimum atomic E-state index is -2.69. The predicted molar refractivity (Wildman–Crippen MR) is 149 cm³/mol. The molecule has 0 unspecified atom stereocenters. The summed E-state index contributed by atoms with van der Waals surface area (Å²) in [4.78, 5) is 24.6. The molecule has 6 heteroatoms. The molecule has 0 aromatic heterocycles. The fourth-order valence-corrected chi connectivity index (χ4v) is 9.25. The standard InChI is InChI=1S/C31H38O5Si/c1-6-25(22-34-30(33)29(36-24(2)32)26-16-10-7-11-17-26)23-35-37(31(3,4)5,27-18-12-8-13-19-27)28-20-14-9-15-21-28/h7-21,25,29H,6,22-23H2,1-5H3/t25-,29+/m1/s1. The summed E-state index contributed by atoms with van der Waals surface area (Å²) in [6.45, 7) is 10.7. The number of carbonyl (C=O) groups is 2. The lowest BCUT2D eigenvalue weighted by atomic mass is 10.1. The fourth-order valence-electron chi connectivity index (χ4n) is 4.61. The molecule has 2 atom stereocenters. The number of ether oxygens (including phenoxy) is 2. The molecule has 37 heavy (non-hydrogen) atoms. The van der Waals surface area contributed by atoms with Gasteiger partial charge < -0.3 is 13.9 Å². The molecule has 0 aliphatic rings. The van der Waals surface area contributed by atoms with Crippen LogP contribution < -0.4 is 10.4 Å². The highest BCUT2D eigenvalue weighted by atomic mass is 28.4. The molecule has 0 spiro atoms. The van der Waals surface area contributed by atoms with Gasteiger partial charge in [-0.25, -0.2) is 4.79 Å². The van der Waals surface area contributed by atoms with Crippen molar-refractivity contribution in [2.75, 3.05) is 13.2 Å². The van der Waals surface area contributed by atoms with Gasteiger partial charge in [0.25, 0.3) is 8.32 Å². The Labute approximate surface area is 221 Å². The third-order valence-electron chi connectivity index (χ3n) is 6.59. The van der Waals surface area contributed by atoms with Gasteiger partial charge in [0.15, 0.2) is 0 Å². The molecule has 0 radical (unpaired) electrons. The molecular weight excluding hydrogens is 480 g/mol. The molecular formula is C31H38O5Si. The molecule has 3 aromatic carbocycles. The maximum Gasteiger partial charge on any atom is 0.352 e. The summed E-state index contributed by atoms with van der Waals surface area (Å²) < 4.78 is 18.0. The van der Waals surface area contributed by atoms with E-state index >= 15 is 0 Å². The number of rotatable bonds is 11. The van der Waals surface area contributed by atoms with Gasteiger partial charge in [0.05, 0.1) is 6.61 Å². The molecule has 5 nitrogen and oxygen atoms in total. The van der Waals surface area contributed by atoms with Crippen LogP contribution in [0.25, 0.3) is 0 Å². The van der Waals surface area contributed by atoms with E-state index in [2.05, 4.69) is 76.2 Å². The summed E-state index contributed by atoms with van der Waals surface area (Å²) in [7, 11) is -2.69.